The fraction of sp³-hybridized carbons (Fsp3) is 0.333. The summed E-state index contributed by atoms with van der Waals surface area (Å²) in [5.41, 5.74) is 1.75. The molecule has 0 atom stereocenters. The number of nitrogens with zero attached hydrogens (tertiary/aromatic N) is 2. The third-order valence-electron chi connectivity index (χ3n) is 6.46. The smallest absolute Gasteiger partial charge is 0.243 e. The summed E-state index contributed by atoms with van der Waals surface area (Å²) in [7, 11) is -4.42. The van der Waals surface area contributed by atoms with Crippen LogP contribution in [-0.4, -0.2) is 59.3 Å². The largest absolute Gasteiger partial charge is 0.493 e. The molecule has 1 fully saturated rings. The van der Waals surface area contributed by atoms with Crippen LogP contribution in [0.5, 0.6) is 11.5 Å². The Labute approximate surface area is 219 Å². The van der Waals surface area contributed by atoms with Crippen molar-refractivity contribution in [2.45, 2.75) is 35.6 Å². The first kappa shape index (κ1) is 27.1. The van der Waals surface area contributed by atoms with Crippen LogP contribution in [0.1, 0.15) is 24.0 Å². The number of ether oxygens (including phenoxy) is 2. The Hall–Kier alpha value is -2.92. The topological polar surface area (TPSA) is 93.2 Å². The van der Waals surface area contributed by atoms with Gasteiger partial charge in [0, 0.05) is 26.2 Å². The lowest BCUT2D eigenvalue weighted by Gasteiger charge is -2.23. The van der Waals surface area contributed by atoms with E-state index in [9.17, 15) is 16.8 Å². The molecular formula is C27H32N2O6S2. The molecule has 3 aromatic rings. The lowest BCUT2D eigenvalue weighted by atomic mass is 10.1. The Kier molecular flexibility index (Phi) is 8.53. The second-order valence-corrected chi connectivity index (χ2v) is 12.7. The van der Waals surface area contributed by atoms with E-state index in [2.05, 4.69) is 0 Å². The molecule has 10 heteroatoms. The van der Waals surface area contributed by atoms with E-state index in [1.54, 1.807) is 20.3 Å². The summed E-state index contributed by atoms with van der Waals surface area (Å²) in [6, 6.07) is 20.4. The minimum atomic E-state index is -3.91. The van der Waals surface area contributed by atoms with Gasteiger partial charge in [-0.15, -0.1) is 0 Å². The van der Waals surface area contributed by atoms with Gasteiger partial charge in [-0.25, -0.2) is 16.8 Å². The molecule has 1 aliphatic heterocycles. The zero-order chi connectivity index (χ0) is 26.5. The number of hydrogen-bond acceptors (Lipinski definition) is 6. The third-order valence-corrected chi connectivity index (χ3v) is 10.2. The van der Waals surface area contributed by atoms with E-state index in [1.165, 1.54) is 32.9 Å². The van der Waals surface area contributed by atoms with Gasteiger partial charge in [-0.3, -0.25) is 0 Å². The van der Waals surface area contributed by atoms with Crippen molar-refractivity contribution in [3.8, 4) is 11.5 Å². The molecule has 0 aromatic heterocycles. The Morgan fingerprint density at radius 1 is 0.757 bits per heavy atom. The SMILES string of the molecule is COc1ccc(CCN(Cc2ccccc2)S(=O)(=O)c2ccc(S(=O)(=O)N3CCCC3)cc2)cc1OC. The fourth-order valence-electron chi connectivity index (χ4n) is 4.37. The Morgan fingerprint density at radius 2 is 1.38 bits per heavy atom. The molecule has 0 N–H and O–H groups in total. The first-order chi connectivity index (χ1) is 17.8. The van der Waals surface area contributed by atoms with Crippen molar-refractivity contribution in [2.75, 3.05) is 33.9 Å². The maximum absolute atomic E-state index is 13.7. The first-order valence-electron chi connectivity index (χ1n) is 12.1. The molecular weight excluding hydrogens is 512 g/mol. The first-order valence-corrected chi connectivity index (χ1v) is 15.0. The summed E-state index contributed by atoms with van der Waals surface area (Å²) >= 11 is 0. The molecule has 37 heavy (non-hydrogen) atoms. The van der Waals surface area contributed by atoms with Crippen molar-refractivity contribution in [1.29, 1.82) is 0 Å². The average molecular weight is 545 g/mol. The van der Waals surface area contributed by atoms with Crippen LogP contribution in [0.15, 0.2) is 82.6 Å². The average Bonchev–Trinajstić information content (AvgIpc) is 3.47. The number of sulfonamides is 2. The molecule has 3 aromatic carbocycles. The van der Waals surface area contributed by atoms with Crippen LogP contribution in [0.25, 0.3) is 0 Å². The quantitative estimate of drug-likeness (QED) is 0.363. The molecule has 0 unspecified atom stereocenters. The molecule has 0 aliphatic carbocycles. The van der Waals surface area contributed by atoms with Gasteiger partial charge in [0.05, 0.1) is 24.0 Å². The Morgan fingerprint density at radius 3 is 2.00 bits per heavy atom. The van der Waals surface area contributed by atoms with Gasteiger partial charge in [-0.05, 0) is 66.8 Å². The molecule has 8 nitrogen and oxygen atoms in total. The van der Waals surface area contributed by atoms with E-state index >= 15 is 0 Å². The molecule has 1 saturated heterocycles. The molecule has 0 saturated carbocycles. The minimum Gasteiger partial charge on any atom is -0.493 e. The Bertz CT molecular complexity index is 1400. The van der Waals surface area contributed by atoms with E-state index < -0.39 is 20.0 Å². The van der Waals surface area contributed by atoms with Crippen molar-refractivity contribution in [1.82, 2.24) is 8.61 Å². The number of benzene rings is 3. The highest BCUT2D eigenvalue weighted by Crippen LogP contribution is 2.29. The second-order valence-electron chi connectivity index (χ2n) is 8.85. The molecule has 0 spiro atoms. The van der Waals surface area contributed by atoms with Gasteiger partial charge in [0.1, 0.15) is 0 Å². The van der Waals surface area contributed by atoms with Gasteiger partial charge < -0.3 is 9.47 Å². The number of rotatable bonds is 11. The van der Waals surface area contributed by atoms with Crippen LogP contribution in [0.3, 0.4) is 0 Å². The molecule has 198 valence electrons. The zero-order valence-electron chi connectivity index (χ0n) is 21.0. The fourth-order valence-corrected chi connectivity index (χ4v) is 7.32. The third kappa shape index (κ3) is 6.15. The van der Waals surface area contributed by atoms with E-state index in [4.69, 9.17) is 9.47 Å². The van der Waals surface area contributed by atoms with Gasteiger partial charge >= 0.3 is 0 Å². The molecule has 0 amide bonds. The molecule has 4 rings (SSSR count). The lowest BCUT2D eigenvalue weighted by molar-refractivity contribution is 0.354. The molecule has 0 radical (unpaired) electrons. The highest BCUT2D eigenvalue weighted by atomic mass is 32.2. The van der Waals surface area contributed by atoms with Gasteiger partial charge in [0.15, 0.2) is 11.5 Å². The van der Waals surface area contributed by atoms with Crippen LogP contribution < -0.4 is 9.47 Å². The van der Waals surface area contributed by atoms with Crippen LogP contribution in [-0.2, 0) is 33.0 Å². The van der Waals surface area contributed by atoms with E-state index in [0.29, 0.717) is 31.0 Å². The number of hydrogen-bond donors (Lipinski definition) is 0. The molecule has 1 aliphatic rings. The predicted molar refractivity (Wildman–Crippen MR) is 142 cm³/mol. The molecule has 1 heterocycles. The summed E-state index contributed by atoms with van der Waals surface area (Å²) in [5.74, 6) is 1.18. The van der Waals surface area contributed by atoms with E-state index in [0.717, 1.165) is 24.0 Å². The zero-order valence-corrected chi connectivity index (χ0v) is 22.7. The van der Waals surface area contributed by atoms with E-state index in [-0.39, 0.29) is 22.9 Å². The summed E-state index contributed by atoms with van der Waals surface area (Å²) in [5, 5.41) is 0. The predicted octanol–water partition coefficient (Wildman–Crippen LogP) is 3.92. The maximum atomic E-state index is 13.7. The van der Waals surface area contributed by atoms with Crippen molar-refractivity contribution in [3.63, 3.8) is 0 Å². The second kappa shape index (κ2) is 11.6. The summed E-state index contributed by atoms with van der Waals surface area (Å²) < 4.78 is 66.7. The lowest BCUT2D eigenvalue weighted by Crippen LogP contribution is -2.32. The standard InChI is InChI=1S/C27H32N2O6S2/c1-34-26-15-10-22(20-27(26)35-2)16-19-29(21-23-8-4-3-5-9-23)37(32,33)25-13-11-24(12-14-25)36(30,31)28-17-6-7-18-28/h3-5,8-15,20H,6-7,16-19,21H2,1-2H3. The van der Waals surface area contributed by atoms with Gasteiger partial charge in [-0.2, -0.15) is 8.61 Å². The van der Waals surface area contributed by atoms with Crippen LogP contribution in [0.4, 0.5) is 0 Å². The molecule has 0 bridgehead atoms. The van der Waals surface area contributed by atoms with Crippen LogP contribution >= 0.6 is 0 Å². The van der Waals surface area contributed by atoms with Gasteiger partial charge in [0.25, 0.3) is 0 Å². The van der Waals surface area contributed by atoms with Crippen molar-refractivity contribution in [2.24, 2.45) is 0 Å². The monoisotopic (exact) mass is 544 g/mol. The highest BCUT2D eigenvalue weighted by molar-refractivity contribution is 7.89. The minimum absolute atomic E-state index is 0.0520. The van der Waals surface area contributed by atoms with Crippen LogP contribution in [0, 0.1) is 0 Å². The summed E-state index contributed by atoms with van der Waals surface area (Å²) in [6.07, 6.45) is 2.12. The van der Waals surface area contributed by atoms with Crippen LogP contribution in [0.2, 0.25) is 0 Å². The highest BCUT2D eigenvalue weighted by Gasteiger charge is 2.29. The maximum Gasteiger partial charge on any atom is 0.243 e. The summed E-state index contributed by atoms with van der Waals surface area (Å²) in [6.45, 7) is 1.39. The van der Waals surface area contributed by atoms with E-state index in [1.807, 2.05) is 42.5 Å². The van der Waals surface area contributed by atoms with Crippen molar-refractivity contribution >= 4 is 20.0 Å². The number of methoxy groups -OCH3 is 2. The van der Waals surface area contributed by atoms with Crippen molar-refractivity contribution < 1.29 is 26.3 Å². The normalized spacial score (nSPS) is 14.7. The van der Waals surface area contributed by atoms with Gasteiger partial charge in [-0.1, -0.05) is 36.4 Å². The Balaban J connectivity index is 1.59. The summed E-state index contributed by atoms with van der Waals surface area (Å²) in [4.78, 5) is 0.157. The van der Waals surface area contributed by atoms with Gasteiger partial charge in [0.2, 0.25) is 20.0 Å². The van der Waals surface area contributed by atoms with Crippen molar-refractivity contribution in [3.05, 3.63) is 83.9 Å².